The molecular formula is C25H18Cl2F2NNaO5. The number of carbonyl (C=O) groups excluding carboxylic acids is 2. The topological polar surface area (TPSA) is 78.9 Å². The molecule has 4 rings (SSSR count). The molecule has 0 spiro atoms. The number of nitrogens with zero attached hydrogens (tertiary/aromatic N) is 1. The molecule has 1 aliphatic rings. The maximum atomic E-state index is 13.2. The number of carboxylic acid groups (broad SMARTS) is 1. The Morgan fingerprint density at radius 3 is 2.36 bits per heavy atom. The van der Waals surface area contributed by atoms with Crippen LogP contribution in [0.5, 0.6) is 17.2 Å². The number of carboxylic acids is 1. The molecule has 1 atom stereocenters. The number of rotatable bonds is 7. The molecule has 1 heterocycles. The molecule has 0 aromatic heterocycles. The Morgan fingerprint density at radius 1 is 1.08 bits per heavy atom. The van der Waals surface area contributed by atoms with E-state index in [2.05, 4.69) is 0 Å². The van der Waals surface area contributed by atoms with Gasteiger partial charge < -0.3 is 24.3 Å². The van der Waals surface area contributed by atoms with Crippen molar-refractivity contribution in [2.45, 2.75) is 18.8 Å². The standard InChI is InChI=1S/C25H19Cl2F2NO5.Na/c26-15-3-5-16(6-4-15)30(13-23(28)29)24(31)14-1-7-17(8-2-14)35-22-12-21-19(11-20(22)27)18(25(32)33)9-10-34-21;/h1-8,11-12,18,23H,9-10,13H2,(H,32,33);/q;+1/p-1. The number of hydrogen-bond donors (Lipinski definition) is 0. The van der Waals surface area contributed by atoms with E-state index < -0.39 is 30.8 Å². The van der Waals surface area contributed by atoms with Crippen LogP contribution in [0.3, 0.4) is 0 Å². The minimum Gasteiger partial charge on any atom is -0.549 e. The summed E-state index contributed by atoms with van der Waals surface area (Å²) in [6.45, 7) is -0.567. The molecule has 0 saturated carbocycles. The summed E-state index contributed by atoms with van der Waals surface area (Å²) < 4.78 is 37.7. The number of halogens is 4. The van der Waals surface area contributed by atoms with Crippen LogP contribution in [0, 0.1) is 0 Å². The van der Waals surface area contributed by atoms with E-state index >= 15 is 0 Å². The zero-order valence-corrected chi connectivity index (χ0v) is 22.6. The fourth-order valence-electron chi connectivity index (χ4n) is 3.73. The Labute approximate surface area is 238 Å². The first-order valence-electron chi connectivity index (χ1n) is 10.5. The molecule has 1 aliphatic heterocycles. The van der Waals surface area contributed by atoms with E-state index in [-0.39, 0.29) is 64.6 Å². The van der Waals surface area contributed by atoms with Gasteiger partial charge in [-0.05, 0) is 61.0 Å². The molecule has 0 saturated heterocycles. The molecule has 0 N–H and O–H groups in total. The quantitative estimate of drug-likeness (QED) is 0.427. The number of aliphatic carboxylic acids is 1. The summed E-state index contributed by atoms with van der Waals surface area (Å²) in [5.41, 5.74) is 0.871. The Bertz CT molecular complexity index is 1240. The van der Waals surface area contributed by atoms with E-state index in [1.165, 1.54) is 60.7 Å². The maximum Gasteiger partial charge on any atom is 1.00 e. The first-order valence-corrected chi connectivity index (χ1v) is 11.3. The number of fused-ring (bicyclic) bond motifs is 1. The van der Waals surface area contributed by atoms with E-state index in [0.717, 1.165) is 4.90 Å². The molecular weight excluding hydrogens is 526 g/mol. The van der Waals surface area contributed by atoms with Gasteiger partial charge in [0.05, 0.1) is 18.2 Å². The number of ether oxygens (including phenoxy) is 2. The molecule has 6 nitrogen and oxygen atoms in total. The van der Waals surface area contributed by atoms with Crippen LogP contribution in [0.2, 0.25) is 10.0 Å². The molecule has 0 bridgehead atoms. The Morgan fingerprint density at radius 2 is 1.75 bits per heavy atom. The van der Waals surface area contributed by atoms with Gasteiger partial charge in [-0.15, -0.1) is 0 Å². The van der Waals surface area contributed by atoms with Gasteiger partial charge in [0.2, 0.25) is 0 Å². The van der Waals surface area contributed by atoms with Crippen LogP contribution < -0.4 is 49.0 Å². The number of amides is 1. The van der Waals surface area contributed by atoms with Gasteiger partial charge in [0.15, 0.2) is 0 Å². The third kappa shape index (κ3) is 6.49. The van der Waals surface area contributed by atoms with Crippen LogP contribution >= 0.6 is 23.2 Å². The van der Waals surface area contributed by atoms with Crippen molar-refractivity contribution < 1.29 is 62.5 Å². The predicted octanol–water partition coefficient (Wildman–Crippen LogP) is 2.32. The van der Waals surface area contributed by atoms with Crippen molar-refractivity contribution in [3.63, 3.8) is 0 Å². The van der Waals surface area contributed by atoms with Crippen LogP contribution in [-0.4, -0.2) is 31.5 Å². The van der Waals surface area contributed by atoms with Crippen molar-refractivity contribution in [2.75, 3.05) is 18.1 Å². The van der Waals surface area contributed by atoms with E-state index in [4.69, 9.17) is 32.7 Å². The van der Waals surface area contributed by atoms with Crippen molar-refractivity contribution in [1.82, 2.24) is 0 Å². The molecule has 1 amide bonds. The van der Waals surface area contributed by atoms with Gasteiger partial charge in [-0.3, -0.25) is 4.79 Å². The first-order chi connectivity index (χ1) is 16.7. The first kappa shape index (κ1) is 28.2. The minimum absolute atomic E-state index is 0. The van der Waals surface area contributed by atoms with Crippen molar-refractivity contribution >= 4 is 40.8 Å². The van der Waals surface area contributed by atoms with Crippen LogP contribution in [-0.2, 0) is 4.79 Å². The molecule has 3 aromatic rings. The fourth-order valence-corrected chi connectivity index (χ4v) is 4.06. The average molecular weight is 544 g/mol. The zero-order valence-electron chi connectivity index (χ0n) is 19.0. The van der Waals surface area contributed by atoms with E-state index in [1.807, 2.05) is 0 Å². The van der Waals surface area contributed by atoms with Crippen LogP contribution in [0.4, 0.5) is 14.5 Å². The van der Waals surface area contributed by atoms with Gasteiger partial charge in [0.25, 0.3) is 12.3 Å². The average Bonchev–Trinajstić information content (AvgIpc) is 2.83. The number of benzene rings is 3. The van der Waals surface area contributed by atoms with Crippen molar-refractivity contribution in [1.29, 1.82) is 0 Å². The normalized spacial score (nSPS) is 14.3. The number of carbonyl (C=O) groups is 2. The van der Waals surface area contributed by atoms with Crippen molar-refractivity contribution in [2.24, 2.45) is 0 Å². The maximum absolute atomic E-state index is 13.2. The zero-order chi connectivity index (χ0) is 25.1. The minimum atomic E-state index is -2.73. The molecule has 11 heteroatoms. The summed E-state index contributed by atoms with van der Waals surface area (Å²) in [5, 5.41) is 12.0. The van der Waals surface area contributed by atoms with Crippen LogP contribution in [0.15, 0.2) is 60.7 Å². The summed E-state index contributed by atoms with van der Waals surface area (Å²) in [6.07, 6.45) is -2.46. The molecule has 182 valence electrons. The van der Waals surface area contributed by atoms with Gasteiger partial charge in [0.1, 0.15) is 17.2 Å². The van der Waals surface area contributed by atoms with Gasteiger partial charge in [0, 0.05) is 39.8 Å². The third-order valence-electron chi connectivity index (χ3n) is 5.42. The second kappa shape index (κ2) is 12.3. The molecule has 0 aliphatic carbocycles. The summed E-state index contributed by atoms with van der Waals surface area (Å²) in [4.78, 5) is 25.3. The predicted molar refractivity (Wildman–Crippen MR) is 125 cm³/mol. The summed E-state index contributed by atoms with van der Waals surface area (Å²) in [6, 6.07) is 14.9. The second-order valence-electron chi connectivity index (χ2n) is 7.74. The van der Waals surface area contributed by atoms with E-state index in [0.29, 0.717) is 22.1 Å². The van der Waals surface area contributed by atoms with E-state index in [1.54, 1.807) is 0 Å². The van der Waals surface area contributed by atoms with E-state index in [9.17, 15) is 23.5 Å². The van der Waals surface area contributed by atoms with Crippen molar-refractivity contribution in [3.8, 4) is 17.2 Å². The molecule has 0 radical (unpaired) electrons. The van der Waals surface area contributed by atoms with Gasteiger partial charge in [-0.1, -0.05) is 23.2 Å². The SMILES string of the molecule is O=C([O-])C1CCOc2cc(Oc3ccc(C(=O)N(CC(F)F)c4ccc(Cl)cc4)cc3)c(Cl)cc21.[Na+]. The van der Waals surface area contributed by atoms with Crippen LogP contribution in [0.1, 0.15) is 28.3 Å². The monoisotopic (exact) mass is 543 g/mol. The Hall–Kier alpha value is -2.36. The van der Waals surface area contributed by atoms with Crippen molar-refractivity contribution in [3.05, 3.63) is 81.8 Å². The second-order valence-corrected chi connectivity index (χ2v) is 8.58. The molecule has 1 unspecified atom stereocenters. The Balaban J connectivity index is 0.00000361. The smallest absolute Gasteiger partial charge is 0.549 e. The fraction of sp³-hybridized carbons (Fsp3) is 0.200. The summed E-state index contributed by atoms with van der Waals surface area (Å²) in [5.74, 6) is -1.77. The molecule has 3 aromatic carbocycles. The van der Waals surface area contributed by atoms with Crippen LogP contribution in [0.25, 0.3) is 0 Å². The van der Waals surface area contributed by atoms with Gasteiger partial charge >= 0.3 is 29.6 Å². The van der Waals surface area contributed by atoms with Gasteiger partial charge in [-0.25, -0.2) is 8.78 Å². The Kier molecular flexibility index (Phi) is 9.60. The number of hydrogen-bond acceptors (Lipinski definition) is 5. The van der Waals surface area contributed by atoms with Gasteiger partial charge in [-0.2, -0.15) is 0 Å². The largest absolute Gasteiger partial charge is 1.00 e. The number of anilines is 1. The molecule has 0 fully saturated rings. The summed E-state index contributed by atoms with van der Waals surface area (Å²) >= 11 is 12.2. The third-order valence-corrected chi connectivity index (χ3v) is 5.97. The molecule has 36 heavy (non-hydrogen) atoms. The number of alkyl halides is 2. The summed E-state index contributed by atoms with van der Waals surface area (Å²) in [7, 11) is 0.